The number of benzene rings is 1. The maximum Gasteiger partial charge on any atom is 0.271 e. The van der Waals surface area contributed by atoms with Gasteiger partial charge in [0, 0.05) is 24.2 Å². The summed E-state index contributed by atoms with van der Waals surface area (Å²) >= 11 is 0. The number of pyridine rings is 2. The summed E-state index contributed by atoms with van der Waals surface area (Å²) in [5, 5.41) is 2.61. The Balaban J connectivity index is 1.72. The first-order valence-corrected chi connectivity index (χ1v) is 8.39. The number of rotatable bonds is 6. The lowest BCUT2D eigenvalue weighted by molar-refractivity contribution is -0.117. The number of amides is 1. The Hall–Kier alpha value is -3.45. The minimum atomic E-state index is -0.789. The Labute approximate surface area is 156 Å². The minimum Gasteiger partial charge on any atom is -0.497 e. The number of H-pyrrole nitrogens is 1. The summed E-state index contributed by atoms with van der Waals surface area (Å²) in [7, 11) is 1.59. The van der Waals surface area contributed by atoms with Gasteiger partial charge in [-0.3, -0.25) is 14.6 Å². The molecule has 0 aliphatic heterocycles. The highest BCUT2D eigenvalue weighted by Gasteiger charge is 2.16. The van der Waals surface area contributed by atoms with Gasteiger partial charge < -0.3 is 20.8 Å². The molecule has 7 heteroatoms. The highest BCUT2D eigenvalue weighted by atomic mass is 16.5. The molecule has 1 atom stereocenters. The molecule has 0 bridgehead atoms. The van der Waals surface area contributed by atoms with Gasteiger partial charge in [-0.1, -0.05) is 12.1 Å². The Morgan fingerprint density at radius 2 is 1.89 bits per heavy atom. The number of hydrogen-bond acceptors (Lipinski definition) is 5. The Morgan fingerprint density at radius 3 is 2.56 bits per heavy atom. The van der Waals surface area contributed by atoms with Crippen molar-refractivity contribution in [2.75, 3.05) is 12.4 Å². The first kappa shape index (κ1) is 18.3. The summed E-state index contributed by atoms with van der Waals surface area (Å²) < 4.78 is 5.11. The van der Waals surface area contributed by atoms with E-state index in [0.29, 0.717) is 6.42 Å². The van der Waals surface area contributed by atoms with E-state index in [2.05, 4.69) is 15.3 Å². The van der Waals surface area contributed by atoms with Crippen LogP contribution in [0.4, 0.5) is 5.69 Å². The third-order valence-corrected chi connectivity index (χ3v) is 4.13. The van der Waals surface area contributed by atoms with E-state index in [9.17, 15) is 9.59 Å². The van der Waals surface area contributed by atoms with Crippen LogP contribution < -0.4 is 21.3 Å². The SMILES string of the molecule is COc1ccc(C[C@H](N)C(=O)Nc2cc(-c3ccncc3)c[nH]c2=O)cc1. The lowest BCUT2D eigenvalue weighted by Crippen LogP contribution is -2.38. The largest absolute Gasteiger partial charge is 0.497 e. The zero-order valence-electron chi connectivity index (χ0n) is 14.8. The maximum absolute atomic E-state index is 12.4. The molecule has 3 aromatic rings. The molecule has 0 aliphatic rings. The zero-order chi connectivity index (χ0) is 19.2. The smallest absolute Gasteiger partial charge is 0.271 e. The van der Waals surface area contributed by atoms with E-state index in [4.69, 9.17) is 10.5 Å². The van der Waals surface area contributed by atoms with Crippen molar-refractivity contribution in [2.24, 2.45) is 5.73 Å². The predicted molar refractivity (Wildman–Crippen MR) is 104 cm³/mol. The molecule has 4 N–H and O–H groups in total. The van der Waals surface area contributed by atoms with Crippen molar-refractivity contribution in [3.05, 3.63) is 77.0 Å². The van der Waals surface area contributed by atoms with Crippen LogP contribution in [0.5, 0.6) is 5.75 Å². The van der Waals surface area contributed by atoms with E-state index in [1.807, 2.05) is 36.4 Å². The number of nitrogens with zero attached hydrogens (tertiary/aromatic N) is 1. The van der Waals surface area contributed by atoms with Crippen LogP contribution in [0.15, 0.2) is 65.8 Å². The van der Waals surface area contributed by atoms with E-state index in [1.165, 1.54) is 0 Å². The molecule has 0 spiro atoms. The number of ether oxygens (including phenoxy) is 1. The molecule has 1 aromatic carbocycles. The number of methoxy groups -OCH3 is 1. The zero-order valence-corrected chi connectivity index (χ0v) is 14.8. The van der Waals surface area contributed by atoms with E-state index < -0.39 is 17.5 Å². The van der Waals surface area contributed by atoms with Crippen LogP contribution in [0.25, 0.3) is 11.1 Å². The molecule has 3 rings (SSSR count). The van der Waals surface area contributed by atoms with E-state index in [0.717, 1.165) is 22.4 Å². The molecule has 0 unspecified atom stereocenters. The fourth-order valence-corrected chi connectivity index (χ4v) is 2.62. The van der Waals surface area contributed by atoms with Crippen LogP contribution in [-0.2, 0) is 11.2 Å². The van der Waals surface area contributed by atoms with Crippen LogP contribution in [0.2, 0.25) is 0 Å². The van der Waals surface area contributed by atoms with Gasteiger partial charge in [-0.05, 0) is 47.9 Å². The summed E-state index contributed by atoms with van der Waals surface area (Å²) in [6.45, 7) is 0. The summed E-state index contributed by atoms with van der Waals surface area (Å²) in [4.78, 5) is 31.1. The standard InChI is InChI=1S/C20H20N4O3/c1-27-16-4-2-13(3-5-16)10-17(21)19(25)24-18-11-15(12-23-20(18)26)14-6-8-22-9-7-14/h2-9,11-12,17H,10,21H2,1H3,(H,23,26)(H,24,25)/t17-/m0/s1. The van der Waals surface area contributed by atoms with Crippen molar-refractivity contribution in [1.29, 1.82) is 0 Å². The van der Waals surface area contributed by atoms with Crippen molar-refractivity contribution < 1.29 is 9.53 Å². The Morgan fingerprint density at radius 1 is 1.19 bits per heavy atom. The Kier molecular flexibility index (Phi) is 5.63. The number of hydrogen-bond donors (Lipinski definition) is 3. The molecule has 138 valence electrons. The second kappa shape index (κ2) is 8.29. The molecule has 2 aromatic heterocycles. The third-order valence-electron chi connectivity index (χ3n) is 4.13. The van der Waals surface area contributed by atoms with Gasteiger partial charge in [0.1, 0.15) is 11.4 Å². The highest BCUT2D eigenvalue weighted by Crippen LogP contribution is 2.19. The molecule has 0 saturated carbocycles. The van der Waals surface area contributed by atoms with Gasteiger partial charge in [0.25, 0.3) is 5.56 Å². The van der Waals surface area contributed by atoms with Crippen molar-refractivity contribution in [2.45, 2.75) is 12.5 Å². The average molecular weight is 364 g/mol. The first-order chi connectivity index (χ1) is 13.1. The quantitative estimate of drug-likeness (QED) is 0.619. The van der Waals surface area contributed by atoms with Crippen molar-refractivity contribution in [1.82, 2.24) is 9.97 Å². The van der Waals surface area contributed by atoms with E-state index in [-0.39, 0.29) is 5.69 Å². The first-order valence-electron chi connectivity index (χ1n) is 8.39. The topological polar surface area (TPSA) is 110 Å². The summed E-state index contributed by atoms with van der Waals surface area (Å²) in [5.74, 6) is 0.305. The van der Waals surface area contributed by atoms with Crippen molar-refractivity contribution in [3.63, 3.8) is 0 Å². The molecule has 0 radical (unpaired) electrons. The second-order valence-electron chi connectivity index (χ2n) is 6.01. The number of nitrogens with two attached hydrogens (primary N) is 1. The van der Waals surface area contributed by atoms with Crippen molar-refractivity contribution >= 4 is 11.6 Å². The predicted octanol–water partition coefficient (Wildman–Crippen LogP) is 1.95. The van der Waals surface area contributed by atoms with Crippen LogP contribution in [0.1, 0.15) is 5.56 Å². The molecule has 0 saturated heterocycles. The van der Waals surface area contributed by atoms with Crippen molar-refractivity contribution in [3.8, 4) is 16.9 Å². The van der Waals surface area contributed by atoms with E-state index >= 15 is 0 Å². The van der Waals surface area contributed by atoms with Gasteiger partial charge in [0.05, 0.1) is 13.2 Å². The van der Waals surface area contributed by atoms with Crippen LogP contribution in [0.3, 0.4) is 0 Å². The minimum absolute atomic E-state index is 0.152. The van der Waals surface area contributed by atoms with Gasteiger partial charge >= 0.3 is 0 Å². The molecule has 0 aliphatic carbocycles. The maximum atomic E-state index is 12.4. The number of anilines is 1. The highest BCUT2D eigenvalue weighted by molar-refractivity contribution is 5.95. The molecule has 7 nitrogen and oxygen atoms in total. The number of carbonyl (C=O) groups excluding carboxylic acids is 1. The van der Waals surface area contributed by atoms with Gasteiger partial charge in [0.2, 0.25) is 5.91 Å². The van der Waals surface area contributed by atoms with Gasteiger partial charge in [-0.15, -0.1) is 0 Å². The Bertz CT molecular complexity index is 969. The summed E-state index contributed by atoms with van der Waals surface area (Å²) in [5.41, 5.74) is 8.30. The number of aromatic amines is 1. The second-order valence-corrected chi connectivity index (χ2v) is 6.01. The molecular formula is C20H20N4O3. The molecule has 27 heavy (non-hydrogen) atoms. The lowest BCUT2D eigenvalue weighted by Gasteiger charge is -2.13. The average Bonchev–Trinajstić information content (AvgIpc) is 2.70. The fraction of sp³-hybridized carbons (Fsp3) is 0.150. The number of aromatic nitrogens is 2. The summed E-state index contributed by atoms with van der Waals surface area (Å²) in [6, 6.07) is 11.8. The monoisotopic (exact) mass is 364 g/mol. The number of nitrogens with one attached hydrogen (secondary N) is 2. The van der Waals surface area contributed by atoms with Gasteiger partial charge in [-0.25, -0.2) is 0 Å². The molecule has 2 heterocycles. The molecule has 1 amide bonds. The molecule has 0 fully saturated rings. The number of carbonyl (C=O) groups is 1. The summed E-state index contributed by atoms with van der Waals surface area (Å²) in [6.07, 6.45) is 5.25. The molecular weight excluding hydrogens is 344 g/mol. The lowest BCUT2D eigenvalue weighted by atomic mass is 10.1. The van der Waals surface area contributed by atoms with E-state index in [1.54, 1.807) is 31.8 Å². The third kappa shape index (κ3) is 4.59. The van der Waals surface area contributed by atoms with Gasteiger partial charge in [-0.2, -0.15) is 0 Å². The fourth-order valence-electron chi connectivity index (χ4n) is 2.62. The van der Waals surface area contributed by atoms with Crippen LogP contribution in [-0.4, -0.2) is 29.0 Å². The van der Waals surface area contributed by atoms with Crippen LogP contribution >= 0.6 is 0 Å². The van der Waals surface area contributed by atoms with Gasteiger partial charge in [0.15, 0.2) is 0 Å². The normalized spacial score (nSPS) is 11.6. The van der Waals surface area contributed by atoms with Crippen LogP contribution in [0, 0.1) is 0 Å².